The first-order valence-electron chi connectivity index (χ1n) is 5.72. The zero-order valence-corrected chi connectivity index (χ0v) is 9.87. The number of carbonyl (C=O) groups is 1. The summed E-state index contributed by atoms with van der Waals surface area (Å²) in [7, 11) is 0. The minimum Gasteiger partial charge on any atom is -0.508 e. The van der Waals surface area contributed by atoms with Crippen LogP contribution in [0, 0.1) is 0 Å². The highest BCUT2D eigenvalue weighted by Crippen LogP contribution is 2.23. The van der Waals surface area contributed by atoms with Gasteiger partial charge in [0.1, 0.15) is 24.4 Å². The highest BCUT2D eigenvalue weighted by molar-refractivity contribution is 5.58. The van der Waals surface area contributed by atoms with Crippen molar-refractivity contribution in [3.05, 3.63) is 59.7 Å². The number of phenols is 1. The summed E-state index contributed by atoms with van der Waals surface area (Å²) in [5, 5.41) is 9.54. The Morgan fingerprint density at radius 1 is 1.11 bits per heavy atom. The summed E-state index contributed by atoms with van der Waals surface area (Å²) in [5.74, 6) is 0.766. The fraction of sp³-hybridized carbons (Fsp3) is 0.133. The van der Waals surface area contributed by atoms with Gasteiger partial charge in [-0.2, -0.15) is 0 Å². The Morgan fingerprint density at radius 3 is 2.61 bits per heavy atom. The summed E-state index contributed by atoms with van der Waals surface area (Å²) < 4.78 is 5.61. The summed E-state index contributed by atoms with van der Waals surface area (Å²) in [5.41, 5.74) is 1.65. The molecule has 0 saturated carbocycles. The molecule has 0 atom stereocenters. The van der Waals surface area contributed by atoms with Crippen LogP contribution in [0.4, 0.5) is 0 Å². The Balaban J connectivity index is 2.05. The predicted octanol–water partition coefficient (Wildman–Crippen LogP) is 2.71. The Hall–Kier alpha value is -2.29. The van der Waals surface area contributed by atoms with E-state index in [1.807, 2.05) is 30.3 Å². The van der Waals surface area contributed by atoms with Gasteiger partial charge in [0.25, 0.3) is 0 Å². The molecular formula is C15H14O3. The number of hydrogen-bond donors (Lipinski definition) is 1. The minimum atomic E-state index is 0.120. The van der Waals surface area contributed by atoms with Crippen molar-refractivity contribution in [2.24, 2.45) is 0 Å². The number of ether oxygens (including phenoxy) is 1. The van der Waals surface area contributed by atoms with Gasteiger partial charge in [0.15, 0.2) is 0 Å². The molecule has 0 unspecified atom stereocenters. The van der Waals surface area contributed by atoms with Crippen molar-refractivity contribution in [2.45, 2.75) is 13.0 Å². The van der Waals surface area contributed by atoms with E-state index in [-0.39, 0.29) is 12.2 Å². The van der Waals surface area contributed by atoms with Crippen LogP contribution in [0.25, 0.3) is 0 Å². The maximum atomic E-state index is 10.5. The fourth-order valence-electron chi connectivity index (χ4n) is 1.65. The van der Waals surface area contributed by atoms with Crippen LogP contribution < -0.4 is 4.74 Å². The summed E-state index contributed by atoms with van der Waals surface area (Å²) in [4.78, 5) is 10.5. The lowest BCUT2D eigenvalue weighted by Gasteiger charge is -2.08. The van der Waals surface area contributed by atoms with Crippen molar-refractivity contribution < 1.29 is 14.6 Å². The van der Waals surface area contributed by atoms with Crippen LogP contribution in [0.15, 0.2) is 48.5 Å². The average molecular weight is 242 g/mol. The molecule has 0 aliphatic carbocycles. The molecule has 0 aliphatic heterocycles. The van der Waals surface area contributed by atoms with Crippen molar-refractivity contribution in [2.75, 3.05) is 0 Å². The lowest BCUT2D eigenvalue weighted by molar-refractivity contribution is -0.107. The molecule has 3 nitrogen and oxygen atoms in total. The van der Waals surface area contributed by atoms with Crippen LogP contribution in [0.3, 0.4) is 0 Å². The quantitative estimate of drug-likeness (QED) is 0.820. The molecule has 0 bridgehead atoms. The first-order chi connectivity index (χ1) is 8.79. The zero-order chi connectivity index (χ0) is 12.8. The van der Waals surface area contributed by atoms with Gasteiger partial charge >= 0.3 is 0 Å². The van der Waals surface area contributed by atoms with Crippen LogP contribution in [-0.4, -0.2) is 11.4 Å². The van der Waals surface area contributed by atoms with Crippen LogP contribution in [0.2, 0.25) is 0 Å². The second-order valence-electron chi connectivity index (χ2n) is 3.94. The van der Waals surface area contributed by atoms with Crippen LogP contribution in [0.5, 0.6) is 11.5 Å². The number of aromatic hydroxyl groups is 1. The normalized spacial score (nSPS) is 10.0. The maximum Gasteiger partial charge on any atom is 0.124 e. The van der Waals surface area contributed by atoms with Crippen molar-refractivity contribution in [3.63, 3.8) is 0 Å². The molecule has 0 fully saturated rings. The van der Waals surface area contributed by atoms with Gasteiger partial charge in [-0.25, -0.2) is 0 Å². The lowest BCUT2D eigenvalue weighted by Crippen LogP contribution is -1.96. The molecule has 0 spiro atoms. The number of carbonyl (C=O) groups excluding carboxylic acids is 1. The van der Waals surface area contributed by atoms with Crippen LogP contribution >= 0.6 is 0 Å². The second-order valence-corrected chi connectivity index (χ2v) is 3.94. The van der Waals surface area contributed by atoms with Gasteiger partial charge in [-0.15, -0.1) is 0 Å². The molecule has 2 aromatic carbocycles. The Labute approximate surface area is 106 Å². The van der Waals surface area contributed by atoms with E-state index in [1.54, 1.807) is 18.2 Å². The van der Waals surface area contributed by atoms with Crippen molar-refractivity contribution >= 4 is 6.29 Å². The molecule has 0 radical (unpaired) electrons. The Bertz CT molecular complexity index is 521. The highest BCUT2D eigenvalue weighted by atomic mass is 16.5. The molecule has 1 N–H and O–H groups in total. The zero-order valence-electron chi connectivity index (χ0n) is 9.87. The number of hydrogen-bond acceptors (Lipinski definition) is 3. The molecule has 0 aliphatic rings. The van der Waals surface area contributed by atoms with Gasteiger partial charge in [0, 0.05) is 12.0 Å². The first kappa shape index (κ1) is 12.2. The molecule has 0 amide bonds. The molecule has 18 heavy (non-hydrogen) atoms. The molecule has 3 heteroatoms. The third kappa shape index (κ3) is 3.10. The predicted molar refractivity (Wildman–Crippen MR) is 68.6 cm³/mol. The van der Waals surface area contributed by atoms with E-state index >= 15 is 0 Å². The maximum absolute atomic E-state index is 10.5. The molecule has 2 rings (SSSR count). The average Bonchev–Trinajstić information content (AvgIpc) is 2.41. The van der Waals surface area contributed by atoms with Gasteiger partial charge in [-0.3, -0.25) is 0 Å². The van der Waals surface area contributed by atoms with E-state index in [9.17, 15) is 9.90 Å². The van der Waals surface area contributed by atoms with Crippen molar-refractivity contribution in [1.82, 2.24) is 0 Å². The number of rotatable bonds is 5. The molecule has 0 heterocycles. The van der Waals surface area contributed by atoms with Gasteiger partial charge in [-0.05, 0) is 23.8 Å². The highest BCUT2D eigenvalue weighted by Gasteiger charge is 2.03. The first-order valence-corrected chi connectivity index (χ1v) is 5.72. The summed E-state index contributed by atoms with van der Waals surface area (Å²) in [6, 6.07) is 14.7. The van der Waals surface area contributed by atoms with Crippen LogP contribution in [0.1, 0.15) is 11.1 Å². The lowest BCUT2D eigenvalue weighted by atomic mass is 10.1. The SMILES string of the molecule is O=CCc1cc(OCc2ccccc2)ccc1O. The minimum absolute atomic E-state index is 0.120. The van der Waals surface area contributed by atoms with E-state index in [2.05, 4.69) is 0 Å². The summed E-state index contributed by atoms with van der Waals surface area (Å²) >= 11 is 0. The summed E-state index contributed by atoms with van der Waals surface area (Å²) in [6.45, 7) is 0.464. The number of benzene rings is 2. The van der Waals surface area contributed by atoms with Gasteiger partial charge in [0.05, 0.1) is 0 Å². The summed E-state index contributed by atoms with van der Waals surface area (Å²) in [6.07, 6.45) is 0.949. The largest absolute Gasteiger partial charge is 0.508 e. The van der Waals surface area contributed by atoms with Gasteiger partial charge in [-0.1, -0.05) is 30.3 Å². The van der Waals surface area contributed by atoms with E-state index in [1.165, 1.54) is 0 Å². The van der Waals surface area contributed by atoms with E-state index in [0.717, 1.165) is 11.8 Å². The second kappa shape index (κ2) is 5.87. The molecule has 92 valence electrons. The standard InChI is InChI=1S/C15H14O3/c16-9-8-13-10-14(6-7-15(13)17)18-11-12-4-2-1-3-5-12/h1-7,9-10,17H,8,11H2. The van der Waals surface area contributed by atoms with E-state index in [0.29, 0.717) is 17.9 Å². The molecule has 2 aromatic rings. The van der Waals surface area contributed by atoms with E-state index < -0.39 is 0 Å². The molecule has 0 saturated heterocycles. The van der Waals surface area contributed by atoms with Crippen molar-refractivity contribution in [1.29, 1.82) is 0 Å². The molecule has 0 aromatic heterocycles. The third-order valence-corrected chi connectivity index (χ3v) is 2.60. The molecular weight excluding hydrogens is 228 g/mol. The van der Waals surface area contributed by atoms with Crippen molar-refractivity contribution in [3.8, 4) is 11.5 Å². The third-order valence-electron chi connectivity index (χ3n) is 2.60. The Kier molecular flexibility index (Phi) is 3.97. The number of phenolic OH excluding ortho intramolecular Hbond substituents is 1. The smallest absolute Gasteiger partial charge is 0.124 e. The van der Waals surface area contributed by atoms with E-state index in [4.69, 9.17) is 4.74 Å². The topological polar surface area (TPSA) is 46.5 Å². The van der Waals surface area contributed by atoms with Gasteiger partial charge < -0.3 is 14.6 Å². The monoisotopic (exact) mass is 242 g/mol. The Morgan fingerprint density at radius 2 is 1.89 bits per heavy atom. The van der Waals surface area contributed by atoms with Crippen LogP contribution in [-0.2, 0) is 17.8 Å². The van der Waals surface area contributed by atoms with Gasteiger partial charge in [0.2, 0.25) is 0 Å². The number of aldehydes is 1. The fourth-order valence-corrected chi connectivity index (χ4v) is 1.65.